The summed E-state index contributed by atoms with van der Waals surface area (Å²) in [7, 11) is 0. The lowest BCUT2D eigenvalue weighted by Gasteiger charge is -2.28. The van der Waals surface area contributed by atoms with E-state index >= 15 is 0 Å². The van der Waals surface area contributed by atoms with Gasteiger partial charge in [0.2, 0.25) is 12.0 Å². The van der Waals surface area contributed by atoms with Crippen molar-refractivity contribution in [3.05, 3.63) is 96.1 Å². The number of rotatable bonds is 5. The fraction of sp³-hybridized carbons (Fsp3) is 0.154. The molecule has 9 heteroatoms. The molecule has 2 N–H and O–H groups in total. The highest BCUT2D eigenvalue weighted by Crippen LogP contribution is 2.36. The van der Waals surface area contributed by atoms with Gasteiger partial charge in [-0.3, -0.25) is 24.6 Å². The number of imide groups is 2. The number of hydrogen-bond acceptors (Lipinski definition) is 6. The van der Waals surface area contributed by atoms with Crippen molar-refractivity contribution < 1.29 is 28.7 Å². The molecule has 0 spiro atoms. The van der Waals surface area contributed by atoms with E-state index in [0.717, 1.165) is 4.90 Å². The second-order valence-electron chi connectivity index (χ2n) is 8.08. The molecule has 1 saturated heterocycles. The first-order valence-corrected chi connectivity index (χ1v) is 11.0. The number of nitrogens with zero attached hydrogens (tertiary/aromatic N) is 1. The molecule has 35 heavy (non-hydrogen) atoms. The average molecular weight is 471 g/mol. The normalized spacial score (nSPS) is 18.1. The number of carbonyl (C=O) groups excluding carboxylic acids is 4. The second-order valence-corrected chi connectivity index (χ2v) is 8.08. The Morgan fingerprint density at radius 2 is 1.46 bits per heavy atom. The smallest absolute Gasteiger partial charge is 0.326 e. The van der Waals surface area contributed by atoms with Crippen LogP contribution in [0.5, 0.6) is 11.5 Å². The molecule has 5 rings (SSSR count). The molecule has 9 nitrogen and oxygen atoms in total. The van der Waals surface area contributed by atoms with Gasteiger partial charge in [-0.1, -0.05) is 72.8 Å². The zero-order valence-corrected chi connectivity index (χ0v) is 18.5. The lowest BCUT2D eigenvalue weighted by Crippen LogP contribution is -2.50. The largest absolute Gasteiger partial charge is 0.485 e. The van der Waals surface area contributed by atoms with Crippen LogP contribution in [0.15, 0.2) is 84.9 Å². The molecule has 176 valence electrons. The molecule has 0 radical (unpaired) electrons. The monoisotopic (exact) mass is 471 g/mol. The zero-order chi connectivity index (χ0) is 24.4. The van der Waals surface area contributed by atoms with Crippen LogP contribution in [0.3, 0.4) is 0 Å². The highest BCUT2D eigenvalue weighted by atomic mass is 16.6. The van der Waals surface area contributed by atoms with Gasteiger partial charge >= 0.3 is 6.03 Å². The maximum absolute atomic E-state index is 13.6. The molecule has 1 atom stereocenters. The number of nitrogens with one attached hydrogen (secondary N) is 2. The maximum Gasteiger partial charge on any atom is 0.326 e. The van der Waals surface area contributed by atoms with Crippen molar-refractivity contribution in [1.82, 2.24) is 15.5 Å². The van der Waals surface area contributed by atoms with Crippen molar-refractivity contribution in [1.29, 1.82) is 0 Å². The molecule has 2 aliphatic heterocycles. The summed E-state index contributed by atoms with van der Waals surface area (Å²) in [5, 5.41) is 4.96. The number of para-hydroxylation sites is 2. The Hall–Kier alpha value is -4.66. The Bertz CT molecular complexity index is 1260. The molecule has 2 aliphatic rings. The van der Waals surface area contributed by atoms with Crippen molar-refractivity contribution in [2.24, 2.45) is 0 Å². The summed E-state index contributed by atoms with van der Waals surface area (Å²) in [6, 6.07) is 23.7. The molecule has 0 aromatic heterocycles. The lowest BCUT2D eigenvalue weighted by molar-refractivity contribution is -0.139. The molecule has 5 amide bonds. The van der Waals surface area contributed by atoms with E-state index < -0.39 is 41.9 Å². The van der Waals surface area contributed by atoms with Crippen LogP contribution < -0.4 is 20.1 Å². The second kappa shape index (κ2) is 8.94. The number of amides is 5. The van der Waals surface area contributed by atoms with E-state index in [9.17, 15) is 19.2 Å². The molecule has 0 saturated carbocycles. The van der Waals surface area contributed by atoms with Gasteiger partial charge < -0.3 is 14.8 Å². The molecular weight excluding hydrogens is 450 g/mol. The van der Waals surface area contributed by atoms with Gasteiger partial charge in [0.05, 0.1) is 0 Å². The van der Waals surface area contributed by atoms with Crippen LogP contribution in [-0.2, 0) is 19.9 Å². The molecule has 3 aromatic rings. The van der Waals surface area contributed by atoms with Crippen LogP contribution in [0.2, 0.25) is 0 Å². The Morgan fingerprint density at radius 1 is 0.886 bits per heavy atom. The van der Waals surface area contributed by atoms with E-state index in [1.165, 1.54) is 0 Å². The van der Waals surface area contributed by atoms with E-state index in [1.807, 2.05) is 0 Å². The van der Waals surface area contributed by atoms with Gasteiger partial charge in [-0.05, 0) is 23.3 Å². The molecule has 3 aromatic carbocycles. The highest BCUT2D eigenvalue weighted by Gasteiger charge is 2.54. The third-order valence-corrected chi connectivity index (χ3v) is 5.88. The topological polar surface area (TPSA) is 114 Å². The number of fused-ring (bicyclic) bond motifs is 1. The SMILES string of the molecule is O=C(CN1C(=O)NC(c2ccccc2)(c2ccccc2)C1=O)NC(=O)C1COc2ccccc2O1. The minimum Gasteiger partial charge on any atom is -0.485 e. The number of benzene rings is 3. The van der Waals surface area contributed by atoms with Crippen LogP contribution in [-0.4, -0.2) is 47.9 Å². The Balaban J connectivity index is 1.33. The van der Waals surface area contributed by atoms with Crippen molar-refractivity contribution in [2.45, 2.75) is 11.6 Å². The fourth-order valence-corrected chi connectivity index (χ4v) is 4.20. The summed E-state index contributed by atoms with van der Waals surface area (Å²) in [4.78, 5) is 52.6. The highest BCUT2D eigenvalue weighted by molar-refractivity contribution is 6.12. The molecule has 0 aliphatic carbocycles. The van der Waals surface area contributed by atoms with Crippen LogP contribution in [0.1, 0.15) is 11.1 Å². The van der Waals surface area contributed by atoms with Gasteiger partial charge in [0.1, 0.15) is 13.2 Å². The number of urea groups is 1. The van der Waals surface area contributed by atoms with Crippen LogP contribution >= 0.6 is 0 Å². The summed E-state index contributed by atoms with van der Waals surface area (Å²) in [6.45, 7) is -0.716. The Morgan fingerprint density at radius 3 is 2.09 bits per heavy atom. The minimum atomic E-state index is -1.49. The first-order chi connectivity index (χ1) is 17.0. The van der Waals surface area contributed by atoms with Crippen molar-refractivity contribution in [3.8, 4) is 11.5 Å². The number of ether oxygens (including phenoxy) is 2. The first kappa shape index (κ1) is 22.1. The molecule has 0 bridgehead atoms. The summed E-state index contributed by atoms with van der Waals surface area (Å²) in [5.41, 5.74) is -0.390. The average Bonchev–Trinajstić information content (AvgIpc) is 3.15. The van der Waals surface area contributed by atoms with E-state index in [4.69, 9.17) is 9.47 Å². The summed E-state index contributed by atoms with van der Waals surface area (Å²) in [6.07, 6.45) is -1.05. The van der Waals surface area contributed by atoms with Gasteiger partial charge in [0.25, 0.3) is 11.8 Å². The fourth-order valence-electron chi connectivity index (χ4n) is 4.20. The van der Waals surface area contributed by atoms with Gasteiger partial charge in [-0.2, -0.15) is 0 Å². The third-order valence-electron chi connectivity index (χ3n) is 5.88. The van der Waals surface area contributed by atoms with E-state index in [0.29, 0.717) is 22.6 Å². The third kappa shape index (κ3) is 3.97. The van der Waals surface area contributed by atoms with E-state index in [-0.39, 0.29) is 6.61 Å². The first-order valence-electron chi connectivity index (χ1n) is 11.0. The van der Waals surface area contributed by atoms with Gasteiger partial charge in [-0.25, -0.2) is 4.79 Å². The van der Waals surface area contributed by atoms with Crippen molar-refractivity contribution >= 4 is 23.8 Å². The summed E-state index contributed by atoms with van der Waals surface area (Å²) < 4.78 is 11.1. The molecular formula is C26H21N3O6. The van der Waals surface area contributed by atoms with Crippen LogP contribution in [0.25, 0.3) is 0 Å². The summed E-state index contributed by atoms with van der Waals surface area (Å²) in [5.74, 6) is -1.28. The predicted octanol–water partition coefficient (Wildman–Crippen LogP) is 1.96. The predicted molar refractivity (Wildman–Crippen MR) is 123 cm³/mol. The van der Waals surface area contributed by atoms with Crippen LogP contribution in [0.4, 0.5) is 4.79 Å². The quantitative estimate of drug-likeness (QED) is 0.550. The van der Waals surface area contributed by atoms with E-state index in [1.54, 1.807) is 84.9 Å². The van der Waals surface area contributed by atoms with Crippen molar-refractivity contribution in [3.63, 3.8) is 0 Å². The van der Waals surface area contributed by atoms with E-state index in [2.05, 4.69) is 10.6 Å². The van der Waals surface area contributed by atoms with Gasteiger partial charge in [-0.15, -0.1) is 0 Å². The maximum atomic E-state index is 13.6. The Kier molecular flexibility index (Phi) is 5.66. The zero-order valence-electron chi connectivity index (χ0n) is 18.5. The molecule has 2 heterocycles. The Labute approximate surface area is 200 Å². The molecule has 1 fully saturated rings. The summed E-state index contributed by atoms with van der Waals surface area (Å²) >= 11 is 0. The lowest BCUT2D eigenvalue weighted by atomic mass is 9.82. The van der Waals surface area contributed by atoms with Gasteiger partial charge in [0, 0.05) is 0 Å². The van der Waals surface area contributed by atoms with Crippen LogP contribution in [0, 0.1) is 0 Å². The standard InChI is InChI=1S/C26H21N3O6/c30-22(27-23(31)21-16-34-19-13-7-8-14-20(19)35-21)15-29-24(32)26(28-25(29)33,17-9-3-1-4-10-17)18-11-5-2-6-12-18/h1-14,21H,15-16H2,(H,28,33)(H,27,30,31). The minimum absolute atomic E-state index is 0.0790. The number of carbonyl (C=O) groups is 4. The number of hydrogen-bond donors (Lipinski definition) is 2. The van der Waals surface area contributed by atoms with Crippen molar-refractivity contribution in [2.75, 3.05) is 13.2 Å². The molecule has 1 unspecified atom stereocenters. The van der Waals surface area contributed by atoms with Gasteiger partial charge in [0.15, 0.2) is 17.0 Å².